The van der Waals surface area contributed by atoms with Crippen LogP contribution in [-0.4, -0.2) is 36.3 Å². The summed E-state index contributed by atoms with van der Waals surface area (Å²) in [5.41, 5.74) is 1.09. The number of halogens is 1. The lowest BCUT2D eigenvalue weighted by molar-refractivity contribution is -0.145. The third kappa shape index (κ3) is 5.05. The minimum absolute atomic E-state index is 0.395. The molecular formula is C16H21ClN2O2. The Bertz CT molecular complexity index is 480. The SMILES string of the molecule is O=C(NCCc1ccc(Cl)cc1)C(=O)N1CCCCCC1. The predicted molar refractivity (Wildman–Crippen MR) is 83.2 cm³/mol. The van der Waals surface area contributed by atoms with Crippen molar-refractivity contribution in [2.24, 2.45) is 0 Å². The summed E-state index contributed by atoms with van der Waals surface area (Å²) in [6.45, 7) is 1.85. The normalized spacial score (nSPS) is 15.4. The minimum Gasteiger partial charge on any atom is -0.347 e. The molecule has 2 amide bonds. The molecule has 1 fully saturated rings. The molecule has 1 heterocycles. The number of carbonyl (C=O) groups is 2. The molecule has 1 aromatic rings. The van der Waals surface area contributed by atoms with Crippen LogP contribution in [0.2, 0.25) is 5.02 Å². The molecule has 0 bridgehead atoms. The van der Waals surface area contributed by atoms with Gasteiger partial charge in [0.15, 0.2) is 0 Å². The number of likely N-dealkylation sites (tertiary alicyclic amines) is 1. The van der Waals surface area contributed by atoms with Crippen LogP contribution < -0.4 is 5.32 Å². The van der Waals surface area contributed by atoms with Gasteiger partial charge in [-0.2, -0.15) is 0 Å². The summed E-state index contributed by atoms with van der Waals surface area (Å²) in [5.74, 6) is -0.890. The van der Waals surface area contributed by atoms with Gasteiger partial charge >= 0.3 is 11.8 Å². The summed E-state index contributed by atoms with van der Waals surface area (Å²) < 4.78 is 0. The van der Waals surface area contributed by atoms with E-state index >= 15 is 0 Å². The van der Waals surface area contributed by atoms with E-state index in [1.165, 1.54) is 0 Å². The standard InChI is InChI=1S/C16H21ClN2O2/c17-14-7-5-13(6-8-14)9-10-18-15(20)16(21)19-11-3-1-2-4-12-19/h5-8H,1-4,9-12H2,(H,18,20). The molecule has 0 saturated carbocycles. The van der Waals surface area contributed by atoms with Gasteiger partial charge in [0, 0.05) is 24.7 Å². The van der Waals surface area contributed by atoms with E-state index in [4.69, 9.17) is 11.6 Å². The Morgan fingerprint density at radius 2 is 1.67 bits per heavy atom. The van der Waals surface area contributed by atoms with E-state index < -0.39 is 11.8 Å². The summed E-state index contributed by atoms with van der Waals surface area (Å²) in [6, 6.07) is 7.48. The Labute approximate surface area is 130 Å². The van der Waals surface area contributed by atoms with E-state index in [0.29, 0.717) is 31.1 Å². The first-order chi connectivity index (χ1) is 10.2. The fourth-order valence-corrected chi connectivity index (χ4v) is 2.59. The Hall–Kier alpha value is -1.55. The van der Waals surface area contributed by atoms with Gasteiger partial charge in [0.25, 0.3) is 0 Å². The summed E-state index contributed by atoms with van der Waals surface area (Å²) >= 11 is 5.82. The van der Waals surface area contributed by atoms with Gasteiger partial charge in [-0.1, -0.05) is 36.6 Å². The highest BCUT2D eigenvalue weighted by Gasteiger charge is 2.21. The van der Waals surface area contributed by atoms with E-state index in [1.807, 2.05) is 24.3 Å². The highest BCUT2D eigenvalue weighted by molar-refractivity contribution is 6.35. The maximum absolute atomic E-state index is 12.0. The lowest BCUT2D eigenvalue weighted by atomic mass is 10.1. The Morgan fingerprint density at radius 1 is 1.05 bits per heavy atom. The van der Waals surface area contributed by atoms with Crippen LogP contribution in [0.25, 0.3) is 0 Å². The maximum atomic E-state index is 12.0. The molecule has 0 unspecified atom stereocenters. The second kappa shape index (κ2) is 8.03. The van der Waals surface area contributed by atoms with Crippen LogP contribution in [0.15, 0.2) is 24.3 Å². The molecule has 21 heavy (non-hydrogen) atoms. The van der Waals surface area contributed by atoms with Crippen molar-refractivity contribution in [3.05, 3.63) is 34.9 Å². The Balaban J connectivity index is 1.75. The number of rotatable bonds is 3. The highest BCUT2D eigenvalue weighted by Crippen LogP contribution is 2.10. The molecule has 0 aliphatic carbocycles. The molecule has 1 saturated heterocycles. The summed E-state index contributed by atoms with van der Waals surface area (Å²) in [5, 5.41) is 3.39. The van der Waals surface area contributed by atoms with Gasteiger partial charge in [0.1, 0.15) is 0 Å². The lowest BCUT2D eigenvalue weighted by Crippen LogP contribution is -2.43. The van der Waals surface area contributed by atoms with Crippen LogP contribution >= 0.6 is 11.6 Å². The molecular weight excluding hydrogens is 288 g/mol. The van der Waals surface area contributed by atoms with E-state index in [-0.39, 0.29) is 0 Å². The zero-order chi connectivity index (χ0) is 15.1. The van der Waals surface area contributed by atoms with E-state index in [1.54, 1.807) is 4.90 Å². The molecule has 4 nitrogen and oxygen atoms in total. The zero-order valence-electron chi connectivity index (χ0n) is 12.1. The molecule has 1 aliphatic heterocycles. The molecule has 0 spiro atoms. The molecule has 1 N–H and O–H groups in total. The smallest absolute Gasteiger partial charge is 0.311 e. The number of nitrogens with zero attached hydrogens (tertiary/aromatic N) is 1. The summed E-state index contributed by atoms with van der Waals surface area (Å²) in [6.07, 6.45) is 4.95. The van der Waals surface area contributed by atoms with Crippen molar-refractivity contribution in [2.75, 3.05) is 19.6 Å². The second-order valence-corrected chi connectivity index (χ2v) is 5.78. The van der Waals surface area contributed by atoms with Crippen molar-refractivity contribution in [3.63, 3.8) is 0 Å². The number of benzene rings is 1. The number of nitrogens with one attached hydrogen (secondary N) is 1. The monoisotopic (exact) mass is 308 g/mol. The van der Waals surface area contributed by atoms with Crippen molar-refractivity contribution in [1.82, 2.24) is 10.2 Å². The average Bonchev–Trinajstić information content (AvgIpc) is 2.77. The van der Waals surface area contributed by atoms with Gasteiger partial charge < -0.3 is 10.2 Å². The van der Waals surface area contributed by atoms with Gasteiger partial charge in [0.2, 0.25) is 0 Å². The highest BCUT2D eigenvalue weighted by atomic mass is 35.5. The van der Waals surface area contributed by atoms with Gasteiger partial charge in [-0.15, -0.1) is 0 Å². The minimum atomic E-state index is -0.495. The van der Waals surface area contributed by atoms with Gasteiger partial charge in [-0.3, -0.25) is 9.59 Å². The van der Waals surface area contributed by atoms with Crippen molar-refractivity contribution in [1.29, 1.82) is 0 Å². The average molecular weight is 309 g/mol. The third-order valence-electron chi connectivity index (χ3n) is 3.70. The topological polar surface area (TPSA) is 49.4 Å². The van der Waals surface area contributed by atoms with Crippen molar-refractivity contribution >= 4 is 23.4 Å². The number of hydrogen-bond acceptors (Lipinski definition) is 2. The molecule has 0 atom stereocenters. The van der Waals surface area contributed by atoms with E-state index in [2.05, 4.69) is 5.32 Å². The quantitative estimate of drug-likeness (QED) is 0.872. The molecule has 1 aliphatic rings. The van der Waals surface area contributed by atoms with Gasteiger partial charge in [-0.05, 0) is 37.0 Å². The van der Waals surface area contributed by atoms with Crippen LogP contribution in [0.1, 0.15) is 31.2 Å². The second-order valence-electron chi connectivity index (χ2n) is 5.34. The molecule has 1 aromatic carbocycles. The van der Waals surface area contributed by atoms with E-state index in [9.17, 15) is 9.59 Å². The summed E-state index contributed by atoms with van der Waals surface area (Å²) in [4.78, 5) is 25.6. The van der Waals surface area contributed by atoms with Crippen molar-refractivity contribution in [2.45, 2.75) is 32.1 Å². The van der Waals surface area contributed by atoms with Crippen LogP contribution in [0, 0.1) is 0 Å². The van der Waals surface area contributed by atoms with Gasteiger partial charge in [-0.25, -0.2) is 0 Å². The maximum Gasteiger partial charge on any atom is 0.311 e. The Morgan fingerprint density at radius 3 is 2.29 bits per heavy atom. The fourth-order valence-electron chi connectivity index (χ4n) is 2.46. The van der Waals surface area contributed by atoms with Crippen LogP contribution in [-0.2, 0) is 16.0 Å². The fraction of sp³-hybridized carbons (Fsp3) is 0.500. The molecule has 5 heteroatoms. The van der Waals surface area contributed by atoms with Crippen LogP contribution in [0.4, 0.5) is 0 Å². The van der Waals surface area contributed by atoms with Crippen molar-refractivity contribution in [3.8, 4) is 0 Å². The number of hydrogen-bond donors (Lipinski definition) is 1. The number of carbonyl (C=O) groups excluding carboxylic acids is 2. The number of amides is 2. The molecule has 114 valence electrons. The van der Waals surface area contributed by atoms with Crippen LogP contribution in [0.3, 0.4) is 0 Å². The van der Waals surface area contributed by atoms with Crippen molar-refractivity contribution < 1.29 is 9.59 Å². The lowest BCUT2D eigenvalue weighted by Gasteiger charge is -2.19. The van der Waals surface area contributed by atoms with Crippen LogP contribution in [0.5, 0.6) is 0 Å². The molecule has 0 radical (unpaired) electrons. The summed E-state index contributed by atoms with van der Waals surface area (Å²) in [7, 11) is 0. The van der Waals surface area contributed by atoms with Gasteiger partial charge in [0.05, 0.1) is 0 Å². The first-order valence-electron chi connectivity index (χ1n) is 7.48. The Kier molecular flexibility index (Phi) is 6.05. The predicted octanol–water partition coefficient (Wildman–Crippen LogP) is 2.40. The first-order valence-corrected chi connectivity index (χ1v) is 7.86. The zero-order valence-corrected chi connectivity index (χ0v) is 12.9. The van der Waals surface area contributed by atoms with E-state index in [0.717, 1.165) is 31.2 Å². The third-order valence-corrected chi connectivity index (χ3v) is 3.95. The molecule has 2 rings (SSSR count). The first kappa shape index (κ1) is 15.8. The molecule has 0 aromatic heterocycles. The largest absolute Gasteiger partial charge is 0.347 e.